The van der Waals surface area contributed by atoms with Gasteiger partial charge in [-0.05, 0) is 108 Å². The molecule has 4 rings (SSSR count). The smallest absolute Gasteiger partial charge is 0.307 e. The van der Waals surface area contributed by atoms with E-state index in [-0.39, 0.29) is 11.8 Å². The molecule has 140 valence electrons. The number of carboxylic acids is 1. The molecule has 2 aromatic carbocycles. The molecule has 0 spiro atoms. The zero-order valence-electron chi connectivity index (χ0n) is 16.7. The molecule has 2 aliphatic rings. The van der Waals surface area contributed by atoms with Gasteiger partial charge in [-0.25, -0.2) is 0 Å². The summed E-state index contributed by atoms with van der Waals surface area (Å²) < 4.78 is 0. The van der Waals surface area contributed by atoms with Crippen molar-refractivity contribution in [3.05, 3.63) is 56.5 Å². The van der Waals surface area contributed by atoms with Crippen molar-refractivity contribution in [1.82, 2.24) is 0 Å². The van der Waals surface area contributed by atoms with Gasteiger partial charge in [-0.15, -0.1) is 0 Å². The number of rotatable bonds is 2. The van der Waals surface area contributed by atoms with Crippen LogP contribution in [0.15, 0.2) is 18.2 Å². The second-order valence-corrected chi connectivity index (χ2v) is 8.24. The van der Waals surface area contributed by atoms with Crippen molar-refractivity contribution in [1.29, 1.82) is 0 Å². The molecule has 0 aromatic heterocycles. The first-order valence-corrected chi connectivity index (χ1v) is 10.1. The van der Waals surface area contributed by atoms with Crippen LogP contribution >= 0.6 is 0 Å². The number of fused-ring (bicyclic) bond motifs is 2. The molecular weight excluding hydrogens is 332 g/mol. The summed E-state index contributed by atoms with van der Waals surface area (Å²) >= 11 is 0. The summed E-state index contributed by atoms with van der Waals surface area (Å²) in [6, 6.07) is 6.83. The van der Waals surface area contributed by atoms with Crippen LogP contribution in [-0.4, -0.2) is 11.1 Å². The predicted molar refractivity (Wildman–Crippen MR) is 111 cm³/mol. The van der Waals surface area contributed by atoms with E-state index < -0.39 is 5.97 Å². The Hall–Kier alpha value is -2.35. The largest absolute Gasteiger partial charge is 0.481 e. The fourth-order valence-corrected chi connectivity index (χ4v) is 5.28. The first kappa shape index (κ1) is 18.0. The molecule has 0 saturated heterocycles. The minimum atomic E-state index is -0.659. The summed E-state index contributed by atoms with van der Waals surface area (Å²) in [5, 5.41) is 12.3. The Morgan fingerprint density at radius 2 is 1.70 bits per heavy atom. The molecule has 0 fully saturated rings. The summed E-state index contributed by atoms with van der Waals surface area (Å²) in [5.41, 5.74) is 9.20. The third-order valence-electron chi connectivity index (χ3n) is 6.85. The van der Waals surface area contributed by atoms with Crippen LogP contribution in [0.2, 0.25) is 0 Å². The van der Waals surface area contributed by atoms with Gasteiger partial charge in [0.1, 0.15) is 0 Å². The monoisotopic (exact) mass is 360 g/mol. The summed E-state index contributed by atoms with van der Waals surface area (Å²) in [6.45, 7) is 8.69. The molecule has 2 heteroatoms. The van der Waals surface area contributed by atoms with E-state index in [1.807, 2.05) is 0 Å². The maximum Gasteiger partial charge on any atom is 0.307 e. The van der Waals surface area contributed by atoms with Gasteiger partial charge < -0.3 is 5.11 Å². The van der Waals surface area contributed by atoms with Gasteiger partial charge in [-0.3, -0.25) is 4.79 Å². The lowest BCUT2D eigenvalue weighted by Gasteiger charge is -2.33. The number of hydrogen-bond donors (Lipinski definition) is 1. The van der Waals surface area contributed by atoms with Gasteiger partial charge in [-0.2, -0.15) is 0 Å². The number of hydrogen-bond acceptors (Lipinski definition) is 1. The van der Waals surface area contributed by atoms with Crippen molar-refractivity contribution < 1.29 is 9.90 Å². The van der Waals surface area contributed by atoms with Crippen LogP contribution in [-0.2, 0) is 11.2 Å². The zero-order chi connectivity index (χ0) is 19.3. The summed E-state index contributed by atoms with van der Waals surface area (Å²) in [6.07, 6.45) is 8.51. The van der Waals surface area contributed by atoms with Crippen LogP contribution < -0.4 is 10.4 Å². The minimum Gasteiger partial charge on any atom is -0.481 e. The third kappa shape index (κ3) is 2.82. The molecule has 0 heterocycles. The van der Waals surface area contributed by atoms with E-state index in [9.17, 15) is 9.90 Å². The SMILES string of the molecule is Cc1c(C)c2c(c(C)c1-c1ccc3c(c1)=CCCC=3)CCC(C(=O)O)C2C. The van der Waals surface area contributed by atoms with Gasteiger partial charge in [0.15, 0.2) is 0 Å². The number of carboxylic acid groups (broad SMARTS) is 1. The van der Waals surface area contributed by atoms with Crippen molar-refractivity contribution in [3.63, 3.8) is 0 Å². The Morgan fingerprint density at radius 3 is 2.41 bits per heavy atom. The Balaban J connectivity index is 1.93. The van der Waals surface area contributed by atoms with Gasteiger partial charge in [0.2, 0.25) is 0 Å². The highest BCUT2D eigenvalue weighted by Gasteiger charge is 2.34. The zero-order valence-corrected chi connectivity index (χ0v) is 16.7. The molecule has 0 saturated carbocycles. The van der Waals surface area contributed by atoms with Gasteiger partial charge in [-0.1, -0.05) is 31.2 Å². The topological polar surface area (TPSA) is 37.3 Å². The van der Waals surface area contributed by atoms with Gasteiger partial charge in [0, 0.05) is 0 Å². The van der Waals surface area contributed by atoms with Crippen LogP contribution in [0, 0.1) is 26.7 Å². The van der Waals surface area contributed by atoms with Crippen molar-refractivity contribution >= 4 is 18.1 Å². The molecule has 27 heavy (non-hydrogen) atoms. The fraction of sp³-hybridized carbons (Fsp3) is 0.400. The predicted octanol–water partition coefficient (Wildman–Crippen LogP) is 4.38. The summed E-state index contributed by atoms with van der Waals surface area (Å²) in [4.78, 5) is 11.7. The molecule has 0 bridgehead atoms. The van der Waals surface area contributed by atoms with E-state index in [4.69, 9.17) is 0 Å². The molecular formula is C25H28O2. The molecule has 1 N–H and O–H groups in total. The molecule has 0 aliphatic heterocycles. The average Bonchev–Trinajstić information content (AvgIpc) is 2.65. The van der Waals surface area contributed by atoms with Gasteiger partial charge >= 0.3 is 5.97 Å². The second-order valence-electron chi connectivity index (χ2n) is 8.24. The van der Waals surface area contributed by atoms with E-state index in [0.717, 1.165) is 25.7 Å². The Bertz CT molecular complexity index is 1060. The van der Waals surface area contributed by atoms with E-state index >= 15 is 0 Å². The maximum absolute atomic E-state index is 11.7. The van der Waals surface area contributed by atoms with Crippen molar-refractivity contribution in [3.8, 4) is 11.1 Å². The highest BCUT2D eigenvalue weighted by molar-refractivity contribution is 5.78. The quantitative estimate of drug-likeness (QED) is 0.863. The lowest BCUT2D eigenvalue weighted by atomic mass is 9.70. The number of aliphatic carboxylic acids is 1. The molecule has 0 radical (unpaired) electrons. The van der Waals surface area contributed by atoms with E-state index in [2.05, 4.69) is 58.0 Å². The molecule has 2 atom stereocenters. The van der Waals surface area contributed by atoms with Crippen molar-refractivity contribution in [2.75, 3.05) is 0 Å². The average molecular weight is 360 g/mol. The summed E-state index contributed by atoms with van der Waals surface area (Å²) in [5.74, 6) is -0.854. The number of benzene rings is 2. The standard InChI is InChI=1S/C25H28O2/c1-14-15(2)24-17(4)22(25(26)27)12-11-21(24)16(3)23(14)20-10-9-18-7-5-6-8-19(18)13-20/h7-10,13,17,22H,5-6,11-12H2,1-4H3,(H,26,27). The maximum atomic E-state index is 11.7. The first-order valence-electron chi connectivity index (χ1n) is 10.1. The molecule has 2 nitrogen and oxygen atoms in total. The van der Waals surface area contributed by atoms with Crippen molar-refractivity contribution in [2.45, 2.75) is 59.3 Å². The molecule has 2 aromatic rings. The Labute approximate surface area is 161 Å². The first-order chi connectivity index (χ1) is 12.9. The third-order valence-corrected chi connectivity index (χ3v) is 6.85. The van der Waals surface area contributed by atoms with E-state index in [1.165, 1.54) is 49.4 Å². The second kappa shape index (κ2) is 6.67. The van der Waals surface area contributed by atoms with Gasteiger partial charge in [0.05, 0.1) is 5.92 Å². The van der Waals surface area contributed by atoms with Crippen LogP contribution in [0.5, 0.6) is 0 Å². The molecule has 2 unspecified atom stereocenters. The summed E-state index contributed by atoms with van der Waals surface area (Å²) in [7, 11) is 0. The van der Waals surface area contributed by atoms with Crippen LogP contribution in [0.25, 0.3) is 23.3 Å². The van der Waals surface area contributed by atoms with Crippen molar-refractivity contribution in [2.24, 2.45) is 5.92 Å². The molecule has 2 aliphatic carbocycles. The normalized spacial score (nSPS) is 20.9. The van der Waals surface area contributed by atoms with Crippen LogP contribution in [0.3, 0.4) is 0 Å². The van der Waals surface area contributed by atoms with E-state index in [0.29, 0.717) is 0 Å². The fourth-order valence-electron chi connectivity index (χ4n) is 5.28. The molecule has 0 amide bonds. The minimum absolute atomic E-state index is 0.0733. The lowest BCUT2D eigenvalue weighted by molar-refractivity contribution is -0.142. The highest BCUT2D eigenvalue weighted by Crippen LogP contribution is 2.44. The lowest BCUT2D eigenvalue weighted by Crippen LogP contribution is -2.28. The number of carbonyl (C=O) groups is 1. The van der Waals surface area contributed by atoms with Gasteiger partial charge in [0.25, 0.3) is 0 Å². The Kier molecular flexibility index (Phi) is 4.46. The van der Waals surface area contributed by atoms with Crippen LogP contribution in [0.1, 0.15) is 59.9 Å². The van der Waals surface area contributed by atoms with Crippen LogP contribution in [0.4, 0.5) is 0 Å². The highest BCUT2D eigenvalue weighted by atomic mass is 16.4. The van der Waals surface area contributed by atoms with E-state index in [1.54, 1.807) is 0 Å². The Morgan fingerprint density at radius 1 is 1.00 bits per heavy atom.